The number of thiazole rings is 1. The third kappa shape index (κ3) is 2.18. The number of piperidine rings is 1. The molecule has 0 radical (unpaired) electrons. The van der Waals surface area contributed by atoms with E-state index in [1.807, 2.05) is 17.0 Å². The molecule has 2 bridgehead atoms. The summed E-state index contributed by atoms with van der Waals surface area (Å²) < 4.78 is 5.32. The second kappa shape index (κ2) is 4.96. The highest BCUT2D eigenvalue weighted by molar-refractivity contribution is 7.13. The van der Waals surface area contributed by atoms with Crippen LogP contribution in [0.4, 0.5) is 0 Å². The minimum Gasteiger partial charge on any atom is -0.462 e. The lowest BCUT2D eigenvalue weighted by Crippen LogP contribution is -2.48. The van der Waals surface area contributed by atoms with Crippen molar-refractivity contribution >= 4 is 17.2 Å². The van der Waals surface area contributed by atoms with Crippen LogP contribution in [0.1, 0.15) is 36.2 Å². The lowest BCUT2D eigenvalue weighted by atomic mass is 9.99. The molecule has 5 nitrogen and oxygen atoms in total. The number of aliphatic hydroxyl groups excluding tert-OH is 1. The standard InChI is InChI=1S/C15H16N2O3S/c18-11-6-9-3-4-10(7-11)17(9)15(19)12-8-21-14(16-12)13-2-1-5-20-13/h1-2,5,8-11,18H,3-4,6-7H2. The summed E-state index contributed by atoms with van der Waals surface area (Å²) >= 11 is 1.42. The molecule has 4 rings (SSSR count). The summed E-state index contributed by atoms with van der Waals surface area (Å²) in [5, 5.41) is 12.4. The number of furan rings is 1. The number of aliphatic hydroxyl groups is 1. The molecule has 6 heteroatoms. The van der Waals surface area contributed by atoms with Crippen molar-refractivity contribution in [3.8, 4) is 10.8 Å². The van der Waals surface area contributed by atoms with Gasteiger partial charge in [-0.2, -0.15) is 0 Å². The van der Waals surface area contributed by atoms with Gasteiger partial charge in [0.1, 0.15) is 5.69 Å². The summed E-state index contributed by atoms with van der Waals surface area (Å²) in [6, 6.07) is 3.98. The number of nitrogens with zero attached hydrogens (tertiary/aromatic N) is 2. The molecule has 1 amide bonds. The SMILES string of the molecule is O=C(c1csc(-c2ccco2)n1)N1C2CCC1CC(O)C2. The average molecular weight is 304 g/mol. The number of rotatable bonds is 2. The molecule has 2 aromatic rings. The Hall–Kier alpha value is -1.66. The van der Waals surface area contributed by atoms with Crippen LogP contribution in [0.5, 0.6) is 0 Å². The first-order valence-electron chi connectivity index (χ1n) is 7.22. The maximum atomic E-state index is 12.7. The molecule has 2 saturated heterocycles. The van der Waals surface area contributed by atoms with E-state index < -0.39 is 0 Å². The molecule has 0 aromatic carbocycles. The molecule has 2 unspecified atom stereocenters. The Morgan fingerprint density at radius 3 is 2.81 bits per heavy atom. The molecule has 1 N–H and O–H groups in total. The van der Waals surface area contributed by atoms with Crippen LogP contribution >= 0.6 is 11.3 Å². The topological polar surface area (TPSA) is 66.6 Å². The van der Waals surface area contributed by atoms with Gasteiger partial charge in [-0.25, -0.2) is 4.98 Å². The van der Waals surface area contributed by atoms with Crippen molar-refractivity contribution in [2.75, 3.05) is 0 Å². The van der Waals surface area contributed by atoms with Crippen molar-refractivity contribution in [1.82, 2.24) is 9.88 Å². The summed E-state index contributed by atoms with van der Waals surface area (Å²) in [5.74, 6) is 0.680. The second-order valence-corrected chi connectivity index (χ2v) is 6.60. The van der Waals surface area contributed by atoms with Crippen LogP contribution in [-0.2, 0) is 0 Å². The summed E-state index contributed by atoms with van der Waals surface area (Å²) in [4.78, 5) is 19.1. The van der Waals surface area contributed by atoms with Crippen LogP contribution in [0.2, 0.25) is 0 Å². The predicted octanol–water partition coefficient (Wildman–Crippen LogP) is 2.53. The smallest absolute Gasteiger partial charge is 0.273 e. The van der Waals surface area contributed by atoms with E-state index in [4.69, 9.17) is 4.42 Å². The molecule has 2 fully saturated rings. The van der Waals surface area contributed by atoms with Crippen molar-refractivity contribution in [2.24, 2.45) is 0 Å². The van der Waals surface area contributed by atoms with Gasteiger partial charge in [0.25, 0.3) is 5.91 Å². The highest BCUT2D eigenvalue weighted by Crippen LogP contribution is 2.37. The van der Waals surface area contributed by atoms with Crippen LogP contribution in [0.25, 0.3) is 10.8 Å². The molecule has 2 aliphatic rings. The van der Waals surface area contributed by atoms with Crippen LogP contribution in [0.3, 0.4) is 0 Å². The minimum atomic E-state index is -0.263. The fourth-order valence-electron chi connectivity index (χ4n) is 3.50. The number of amides is 1. The minimum absolute atomic E-state index is 0.0107. The second-order valence-electron chi connectivity index (χ2n) is 5.74. The summed E-state index contributed by atoms with van der Waals surface area (Å²) in [6.45, 7) is 0. The number of fused-ring (bicyclic) bond motifs is 2. The highest BCUT2D eigenvalue weighted by atomic mass is 32.1. The van der Waals surface area contributed by atoms with E-state index in [1.165, 1.54) is 11.3 Å². The van der Waals surface area contributed by atoms with E-state index in [2.05, 4.69) is 4.98 Å². The highest BCUT2D eigenvalue weighted by Gasteiger charge is 2.43. The van der Waals surface area contributed by atoms with Crippen molar-refractivity contribution in [2.45, 2.75) is 43.9 Å². The number of hydrogen-bond acceptors (Lipinski definition) is 5. The largest absolute Gasteiger partial charge is 0.462 e. The first-order chi connectivity index (χ1) is 10.2. The zero-order chi connectivity index (χ0) is 14.4. The Kier molecular flexibility index (Phi) is 3.08. The predicted molar refractivity (Wildman–Crippen MR) is 78.0 cm³/mol. The van der Waals surface area contributed by atoms with Gasteiger partial charge >= 0.3 is 0 Å². The molecular weight excluding hydrogens is 288 g/mol. The quantitative estimate of drug-likeness (QED) is 0.926. The van der Waals surface area contributed by atoms with Crippen LogP contribution in [-0.4, -0.2) is 39.1 Å². The first-order valence-corrected chi connectivity index (χ1v) is 8.10. The van der Waals surface area contributed by atoms with Gasteiger partial charge in [0.2, 0.25) is 0 Å². The fraction of sp³-hybridized carbons (Fsp3) is 0.467. The third-order valence-corrected chi connectivity index (χ3v) is 5.25. The lowest BCUT2D eigenvalue weighted by molar-refractivity contribution is 0.0283. The molecule has 110 valence electrons. The van der Waals surface area contributed by atoms with Gasteiger partial charge in [0, 0.05) is 17.5 Å². The van der Waals surface area contributed by atoms with Gasteiger partial charge in [-0.05, 0) is 37.8 Å². The van der Waals surface area contributed by atoms with Crippen molar-refractivity contribution in [3.05, 3.63) is 29.5 Å². The van der Waals surface area contributed by atoms with Crippen LogP contribution in [0.15, 0.2) is 28.2 Å². The van der Waals surface area contributed by atoms with E-state index in [1.54, 1.807) is 11.6 Å². The average Bonchev–Trinajstić information content (AvgIpc) is 3.17. The molecular formula is C15H16N2O3S. The van der Waals surface area contributed by atoms with Gasteiger partial charge < -0.3 is 14.4 Å². The molecule has 0 saturated carbocycles. The van der Waals surface area contributed by atoms with Crippen LogP contribution < -0.4 is 0 Å². The molecule has 2 atom stereocenters. The van der Waals surface area contributed by atoms with E-state index in [-0.39, 0.29) is 24.1 Å². The van der Waals surface area contributed by atoms with E-state index in [9.17, 15) is 9.90 Å². The fourth-order valence-corrected chi connectivity index (χ4v) is 4.26. The molecule has 4 heterocycles. The van der Waals surface area contributed by atoms with Crippen molar-refractivity contribution < 1.29 is 14.3 Å². The third-order valence-electron chi connectivity index (χ3n) is 4.40. The van der Waals surface area contributed by atoms with Gasteiger partial charge in [-0.3, -0.25) is 4.79 Å². The Labute approximate surface area is 126 Å². The zero-order valence-corrected chi connectivity index (χ0v) is 12.3. The van der Waals surface area contributed by atoms with Crippen molar-refractivity contribution in [1.29, 1.82) is 0 Å². The first kappa shape index (κ1) is 13.0. The summed E-state index contributed by atoms with van der Waals surface area (Å²) in [7, 11) is 0. The zero-order valence-electron chi connectivity index (χ0n) is 11.4. The molecule has 2 aromatic heterocycles. The van der Waals surface area contributed by atoms with Gasteiger partial charge in [0.05, 0.1) is 12.4 Å². The lowest BCUT2D eigenvalue weighted by Gasteiger charge is -2.36. The molecule has 0 spiro atoms. The number of carbonyl (C=O) groups is 1. The Morgan fingerprint density at radius 2 is 2.14 bits per heavy atom. The van der Waals surface area contributed by atoms with E-state index in [0.29, 0.717) is 24.3 Å². The Morgan fingerprint density at radius 1 is 1.38 bits per heavy atom. The molecule has 0 aliphatic carbocycles. The van der Waals surface area contributed by atoms with Gasteiger partial charge in [0.15, 0.2) is 10.8 Å². The van der Waals surface area contributed by atoms with E-state index in [0.717, 1.165) is 17.8 Å². The van der Waals surface area contributed by atoms with Crippen molar-refractivity contribution in [3.63, 3.8) is 0 Å². The number of carbonyl (C=O) groups excluding carboxylic acids is 1. The normalized spacial score (nSPS) is 28.0. The molecule has 2 aliphatic heterocycles. The monoisotopic (exact) mass is 304 g/mol. The van der Waals surface area contributed by atoms with E-state index >= 15 is 0 Å². The van der Waals surface area contributed by atoms with Gasteiger partial charge in [-0.15, -0.1) is 11.3 Å². The van der Waals surface area contributed by atoms with Crippen LogP contribution in [0, 0.1) is 0 Å². The van der Waals surface area contributed by atoms with Gasteiger partial charge in [-0.1, -0.05) is 0 Å². The molecule has 21 heavy (non-hydrogen) atoms. The summed E-state index contributed by atoms with van der Waals surface area (Å²) in [5.41, 5.74) is 0.486. The maximum Gasteiger partial charge on any atom is 0.273 e. The maximum absolute atomic E-state index is 12.7. The number of aromatic nitrogens is 1. The Bertz CT molecular complexity index is 638. The number of hydrogen-bond donors (Lipinski definition) is 1. The summed E-state index contributed by atoms with van der Waals surface area (Å²) in [6.07, 6.45) is 4.70. The Balaban J connectivity index is 1.58.